The first kappa shape index (κ1) is 31.5. The third-order valence-electron chi connectivity index (χ3n) is 7.44. The average molecular weight is 537 g/mol. The van der Waals surface area contributed by atoms with Crippen LogP contribution in [0.5, 0.6) is 5.88 Å². The van der Waals surface area contributed by atoms with Crippen molar-refractivity contribution < 1.29 is 9.90 Å². The molecule has 0 aliphatic carbocycles. The van der Waals surface area contributed by atoms with Gasteiger partial charge >= 0.3 is 0 Å². The Kier molecular flexibility index (Phi) is 12.7. The summed E-state index contributed by atoms with van der Waals surface area (Å²) >= 11 is 0. The molecule has 0 aliphatic heterocycles. The number of amides is 1. The molecule has 1 aromatic heterocycles. The Morgan fingerprint density at radius 1 is 1.05 bits per heavy atom. The maximum absolute atomic E-state index is 14.0. The first-order chi connectivity index (χ1) is 18.7. The zero-order valence-corrected chi connectivity index (χ0v) is 24.1. The SMILES string of the molecule is CCCCC(CC)CN(CC(CC)CCCC)C(=O)c1ccccc1N=Nc1c(C)c(C#N)c(O)n(N)c1=O. The Morgan fingerprint density at radius 2 is 1.62 bits per heavy atom. The molecule has 9 heteroatoms. The molecule has 1 aromatic carbocycles. The van der Waals surface area contributed by atoms with Crippen molar-refractivity contribution in [3.05, 3.63) is 51.3 Å². The molecule has 2 atom stereocenters. The lowest BCUT2D eigenvalue weighted by Crippen LogP contribution is -2.39. The van der Waals surface area contributed by atoms with Gasteiger partial charge in [0, 0.05) is 18.7 Å². The fourth-order valence-electron chi connectivity index (χ4n) is 4.74. The van der Waals surface area contributed by atoms with Crippen LogP contribution >= 0.6 is 0 Å². The summed E-state index contributed by atoms with van der Waals surface area (Å²) in [6.45, 7) is 11.6. The van der Waals surface area contributed by atoms with Crippen LogP contribution < -0.4 is 11.4 Å². The van der Waals surface area contributed by atoms with Gasteiger partial charge in [0.05, 0.1) is 11.3 Å². The molecule has 2 unspecified atom stereocenters. The largest absolute Gasteiger partial charge is 0.492 e. The Labute approximate surface area is 232 Å². The summed E-state index contributed by atoms with van der Waals surface area (Å²) in [5.74, 6) is 5.74. The number of carbonyl (C=O) groups excluding carboxylic acids is 1. The molecule has 0 bridgehead atoms. The summed E-state index contributed by atoms with van der Waals surface area (Å²) in [5.41, 5.74) is -0.216. The van der Waals surface area contributed by atoms with Crippen LogP contribution in [0, 0.1) is 30.1 Å². The second kappa shape index (κ2) is 15.7. The molecule has 0 saturated carbocycles. The van der Waals surface area contributed by atoms with Crippen molar-refractivity contribution in [2.75, 3.05) is 18.9 Å². The molecule has 0 radical (unpaired) electrons. The van der Waals surface area contributed by atoms with Gasteiger partial charge in [-0.3, -0.25) is 9.59 Å². The highest BCUT2D eigenvalue weighted by atomic mass is 16.3. The zero-order chi connectivity index (χ0) is 28.9. The number of hydrogen-bond donors (Lipinski definition) is 2. The molecule has 212 valence electrons. The molecular formula is C30H44N6O3. The van der Waals surface area contributed by atoms with Gasteiger partial charge in [-0.05, 0) is 43.7 Å². The van der Waals surface area contributed by atoms with Gasteiger partial charge in [-0.1, -0.05) is 78.4 Å². The van der Waals surface area contributed by atoms with Crippen LogP contribution in [0.4, 0.5) is 11.4 Å². The number of nitrogens with zero attached hydrogens (tertiary/aromatic N) is 5. The van der Waals surface area contributed by atoms with E-state index in [1.54, 1.807) is 24.3 Å². The summed E-state index contributed by atoms with van der Waals surface area (Å²) < 4.78 is 0.473. The fourth-order valence-corrected chi connectivity index (χ4v) is 4.74. The number of aromatic nitrogens is 1. The van der Waals surface area contributed by atoms with E-state index in [1.165, 1.54) is 6.92 Å². The number of aromatic hydroxyl groups is 1. The maximum Gasteiger partial charge on any atom is 0.299 e. The number of nitriles is 1. The van der Waals surface area contributed by atoms with E-state index < -0.39 is 11.4 Å². The topological polar surface area (TPSA) is 137 Å². The molecule has 1 amide bonds. The number of nitrogen functional groups attached to an aromatic ring is 1. The summed E-state index contributed by atoms with van der Waals surface area (Å²) in [6.07, 6.45) is 8.68. The number of nitrogens with two attached hydrogens (primary N) is 1. The molecule has 3 N–H and O–H groups in total. The predicted octanol–water partition coefficient (Wildman–Crippen LogP) is 6.74. The quantitative estimate of drug-likeness (QED) is 0.192. The Bertz CT molecular complexity index is 1210. The summed E-state index contributed by atoms with van der Waals surface area (Å²) in [6, 6.07) is 8.80. The lowest BCUT2D eigenvalue weighted by molar-refractivity contribution is 0.0685. The first-order valence-electron chi connectivity index (χ1n) is 14.2. The number of carbonyl (C=O) groups is 1. The Balaban J connectivity index is 2.49. The van der Waals surface area contributed by atoms with Crippen LogP contribution in [-0.2, 0) is 0 Å². The number of pyridine rings is 1. The summed E-state index contributed by atoms with van der Waals surface area (Å²) in [7, 11) is 0. The fraction of sp³-hybridized carbons (Fsp3) is 0.567. The van der Waals surface area contributed by atoms with E-state index in [9.17, 15) is 20.0 Å². The lowest BCUT2D eigenvalue weighted by Gasteiger charge is -2.31. The number of hydrogen-bond acceptors (Lipinski definition) is 7. The average Bonchev–Trinajstić information content (AvgIpc) is 2.95. The number of azo groups is 1. The highest BCUT2D eigenvalue weighted by Crippen LogP contribution is 2.28. The second-order valence-corrected chi connectivity index (χ2v) is 10.2. The van der Waals surface area contributed by atoms with Gasteiger partial charge in [-0.15, -0.1) is 10.2 Å². The standard InChI is InChI=1S/C30H44N6O3/c1-6-10-14-22(8-3)19-35(20-23(9-4)15-11-7-2)28(37)24-16-12-13-17-26(24)33-34-27-21(5)25(18-31)29(38)36(32)30(27)39/h12-13,16-17,22-23,38H,6-11,14-15,19-20,32H2,1-5H3. The normalized spacial score (nSPS) is 12.8. The smallest absolute Gasteiger partial charge is 0.299 e. The minimum absolute atomic E-state index is 0.106. The maximum atomic E-state index is 14.0. The van der Waals surface area contributed by atoms with Crippen molar-refractivity contribution in [2.45, 2.75) is 86.0 Å². The van der Waals surface area contributed by atoms with Crippen LogP contribution in [0.25, 0.3) is 0 Å². The third kappa shape index (κ3) is 8.16. The van der Waals surface area contributed by atoms with Gasteiger partial charge in [-0.2, -0.15) is 9.94 Å². The minimum Gasteiger partial charge on any atom is -0.492 e. The van der Waals surface area contributed by atoms with Crippen molar-refractivity contribution in [3.8, 4) is 11.9 Å². The van der Waals surface area contributed by atoms with Crippen LogP contribution in [0.3, 0.4) is 0 Å². The van der Waals surface area contributed by atoms with Crippen LogP contribution in [0.2, 0.25) is 0 Å². The van der Waals surface area contributed by atoms with E-state index in [-0.39, 0.29) is 22.7 Å². The van der Waals surface area contributed by atoms with Crippen molar-refractivity contribution in [3.63, 3.8) is 0 Å². The van der Waals surface area contributed by atoms with Crippen molar-refractivity contribution in [1.82, 2.24) is 9.58 Å². The van der Waals surface area contributed by atoms with Gasteiger partial charge in [0.15, 0.2) is 5.69 Å². The molecule has 0 saturated heterocycles. The molecule has 2 rings (SSSR count). The molecule has 1 heterocycles. The summed E-state index contributed by atoms with van der Waals surface area (Å²) in [4.78, 5) is 28.7. The van der Waals surface area contributed by atoms with E-state index in [1.807, 2.05) is 11.0 Å². The van der Waals surface area contributed by atoms with Gasteiger partial charge in [0.2, 0.25) is 5.88 Å². The van der Waals surface area contributed by atoms with Crippen molar-refractivity contribution in [1.29, 1.82) is 5.26 Å². The third-order valence-corrected chi connectivity index (χ3v) is 7.44. The molecule has 0 aliphatic rings. The Morgan fingerprint density at radius 3 is 2.13 bits per heavy atom. The van der Waals surface area contributed by atoms with Gasteiger partial charge in [0.1, 0.15) is 11.6 Å². The molecular weight excluding hydrogens is 492 g/mol. The zero-order valence-electron chi connectivity index (χ0n) is 24.1. The lowest BCUT2D eigenvalue weighted by atomic mass is 9.95. The molecule has 0 spiro atoms. The van der Waals surface area contributed by atoms with Crippen LogP contribution in [0.1, 0.15) is 101 Å². The molecule has 9 nitrogen and oxygen atoms in total. The molecule has 0 fully saturated rings. The minimum atomic E-state index is -0.790. The highest BCUT2D eigenvalue weighted by Gasteiger charge is 2.25. The molecule has 2 aromatic rings. The Hall–Kier alpha value is -3.67. The highest BCUT2D eigenvalue weighted by molar-refractivity contribution is 5.99. The van der Waals surface area contributed by atoms with Gasteiger partial charge < -0.3 is 15.8 Å². The van der Waals surface area contributed by atoms with Gasteiger partial charge in [-0.25, -0.2) is 0 Å². The van der Waals surface area contributed by atoms with Crippen molar-refractivity contribution >= 4 is 17.3 Å². The number of rotatable bonds is 15. The van der Waals surface area contributed by atoms with E-state index in [4.69, 9.17) is 5.84 Å². The summed E-state index contributed by atoms with van der Waals surface area (Å²) in [5, 5.41) is 27.8. The van der Waals surface area contributed by atoms with E-state index in [0.29, 0.717) is 40.9 Å². The van der Waals surface area contributed by atoms with Crippen LogP contribution in [0.15, 0.2) is 39.3 Å². The van der Waals surface area contributed by atoms with E-state index in [0.717, 1.165) is 51.4 Å². The second-order valence-electron chi connectivity index (χ2n) is 10.2. The monoisotopic (exact) mass is 536 g/mol. The predicted molar refractivity (Wildman–Crippen MR) is 155 cm³/mol. The van der Waals surface area contributed by atoms with Crippen molar-refractivity contribution in [2.24, 2.45) is 22.1 Å². The number of benzene rings is 1. The molecule has 39 heavy (non-hydrogen) atoms. The first-order valence-corrected chi connectivity index (χ1v) is 14.2. The van der Waals surface area contributed by atoms with E-state index in [2.05, 4.69) is 37.9 Å². The van der Waals surface area contributed by atoms with E-state index >= 15 is 0 Å². The van der Waals surface area contributed by atoms with Crippen LogP contribution in [-0.4, -0.2) is 33.7 Å². The number of unbranched alkanes of at least 4 members (excludes halogenated alkanes) is 2. The van der Waals surface area contributed by atoms with Gasteiger partial charge in [0.25, 0.3) is 11.5 Å².